The Morgan fingerprint density at radius 1 is 1.33 bits per heavy atom. The van der Waals surface area contributed by atoms with Gasteiger partial charge < -0.3 is 14.2 Å². The predicted molar refractivity (Wildman–Crippen MR) is 53.6 cm³/mol. The van der Waals surface area contributed by atoms with Crippen LogP contribution in [0.15, 0.2) is 0 Å². The molecule has 2 unspecified atom stereocenters. The van der Waals surface area contributed by atoms with Crippen LogP contribution in [0.2, 0.25) is 0 Å². The number of alkyl halides is 1. The highest BCUT2D eigenvalue weighted by atomic mass is 19.1. The zero-order valence-corrected chi connectivity index (χ0v) is 9.75. The summed E-state index contributed by atoms with van der Waals surface area (Å²) in [6.07, 6.45) is -0.864. The van der Waals surface area contributed by atoms with E-state index < -0.39 is 17.2 Å². The summed E-state index contributed by atoms with van der Waals surface area (Å²) in [7, 11) is 1.61. The van der Waals surface area contributed by atoms with E-state index in [0.29, 0.717) is 6.61 Å². The number of methoxy groups -OCH3 is 1. The molecule has 3 nitrogen and oxygen atoms in total. The number of rotatable bonds is 1. The monoisotopic (exact) mass is 218 g/mol. The van der Waals surface area contributed by atoms with Crippen molar-refractivity contribution in [2.75, 3.05) is 20.3 Å². The fraction of sp³-hybridized carbons (Fsp3) is 1.00. The van der Waals surface area contributed by atoms with Gasteiger partial charge in [-0.05, 0) is 0 Å². The van der Waals surface area contributed by atoms with Gasteiger partial charge in [0.15, 0.2) is 5.67 Å². The van der Waals surface area contributed by atoms with Crippen molar-refractivity contribution in [1.29, 1.82) is 0 Å². The second kappa shape index (κ2) is 3.40. The predicted octanol–water partition coefficient (Wildman–Crippen LogP) is 1.55. The average Bonchev–Trinajstić information content (AvgIpc) is 2.66. The molecule has 0 aliphatic carbocycles. The maximum Gasteiger partial charge on any atom is 0.167 e. The summed E-state index contributed by atoms with van der Waals surface area (Å²) in [5.74, 6) is 0. The van der Waals surface area contributed by atoms with Crippen molar-refractivity contribution in [2.45, 2.75) is 44.8 Å². The Morgan fingerprint density at radius 2 is 2.00 bits per heavy atom. The standard InChI is InChI=1S/C11H19FO3/c1-10(2,3)11(12)6-15-8-7(13-4)5-14-9(8)11/h7-9H,5-6H2,1-4H3/t7?,8-,9+,11?/m1/s1. The number of fused-ring (bicyclic) bond motifs is 1. The molecule has 0 bridgehead atoms. The summed E-state index contributed by atoms with van der Waals surface area (Å²) < 4.78 is 31.0. The Labute approximate surface area is 89.9 Å². The van der Waals surface area contributed by atoms with Crippen LogP contribution in [0, 0.1) is 5.41 Å². The zero-order chi connectivity index (χ0) is 11.3. The third-order valence-corrected chi connectivity index (χ3v) is 3.59. The Kier molecular flexibility index (Phi) is 2.56. The highest BCUT2D eigenvalue weighted by Gasteiger charge is 2.62. The summed E-state index contributed by atoms with van der Waals surface area (Å²) in [5.41, 5.74) is -1.89. The molecule has 0 spiro atoms. The summed E-state index contributed by atoms with van der Waals surface area (Å²) in [6.45, 7) is 6.16. The first kappa shape index (κ1) is 11.3. The van der Waals surface area contributed by atoms with Gasteiger partial charge in [0.2, 0.25) is 0 Å². The molecule has 2 saturated heterocycles. The molecule has 2 heterocycles. The molecule has 2 aliphatic rings. The minimum absolute atomic E-state index is 0.103. The molecule has 0 saturated carbocycles. The van der Waals surface area contributed by atoms with Gasteiger partial charge in [0.25, 0.3) is 0 Å². The van der Waals surface area contributed by atoms with E-state index >= 15 is 0 Å². The lowest BCUT2D eigenvalue weighted by Crippen LogP contribution is -2.49. The Hall–Kier alpha value is -0.190. The van der Waals surface area contributed by atoms with Gasteiger partial charge in [-0.2, -0.15) is 0 Å². The molecule has 15 heavy (non-hydrogen) atoms. The molecule has 2 aliphatic heterocycles. The van der Waals surface area contributed by atoms with Crippen molar-refractivity contribution in [3.05, 3.63) is 0 Å². The van der Waals surface area contributed by atoms with Crippen LogP contribution in [-0.4, -0.2) is 44.3 Å². The van der Waals surface area contributed by atoms with Crippen molar-refractivity contribution in [1.82, 2.24) is 0 Å². The SMILES string of the molecule is COC1CO[C@H]2[C@@H]1OCC2(F)C(C)(C)C. The summed E-state index contributed by atoms with van der Waals surface area (Å²) in [6, 6.07) is 0. The van der Waals surface area contributed by atoms with Crippen LogP contribution in [0.25, 0.3) is 0 Å². The van der Waals surface area contributed by atoms with E-state index in [1.54, 1.807) is 7.11 Å². The normalized spacial score (nSPS) is 45.8. The lowest BCUT2D eigenvalue weighted by atomic mass is 9.75. The van der Waals surface area contributed by atoms with Crippen molar-refractivity contribution in [3.63, 3.8) is 0 Å². The fourth-order valence-electron chi connectivity index (χ4n) is 2.32. The zero-order valence-electron chi connectivity index (χ0n) is 9.75. The lowest BCUT2D eigenvalue weighted by molar-refractivity contribution is -0.0769. The molecule has 4 atom stereocenters. The largest absolute Gasteiger partial charge is 0.376 e. The minimum atomic E-state index is -1.41. The van der Waals surface area contributed by atoms with Gasteiger partial charge in [0, 0.05) is 12.5 Å². The van der Waals surface area contributed by atoms with E-state index in [0.717, 1.165) is 0 Å². The topological polar surface area (TPSA) is 27.7 Å². The quantitative estimate of drug-likeness (QED) is 0.668. The minimum Gasteiger partial charge on any atom is -0.376 e. The van der Waals surface area contributed by atoms with Gasteiger partial charge in [-0.3, -0.25) is 0 Å². The summed E-state index contributed by atoms with van der Waals surface area (Å²) in [4.78, 5) is 0. The Balaban J connectivity index is 2.21. The molecule has 0 aromatic rings. The van der Waals surface area contributed by atoms with E-state index in [9.17, 15) is 4.39 Å². The third-order valence-electron chi connectivity index (χ3n) is 3.59. The molecular weight excluding hydrogens is 199 g/mol. The molecule has 88 valence electrons. The van der Waals surface area contributed by atoms with Gasteiger partial charge in [-0.25, -0.2) is 4.39 Å². The number of hydrogen-bond acceptors (Lipinski definition) is 3. The molecule has 0 N–H and O–H groups in total. The maximum absolute atomic E-state index is 14.8. The van der Waals surface area contributed by atoms with Crippen LogP contribution < -0.4 is 0 Å². The van der Waals surface area contributed by atoms with Crippen LogP contribution in [0.5, 0.6) is 0 Å². The van der Waals surface area contributed by atoms with E-state index in [4.69, 9.17) is 14.2 Å². The first-order valence-corrected chi connectivity index (χ1v) is 5.35. The van der Waals surface area contributed by atoms with Gasteiger partial charge >= 0.3 is 0 Å². The van der Waals surface area contributed by atoms with Gasteiger partial charge in [0.05, 0.1) is 13.2 Å². The highest BCUT2D eigenvalue weighted by Crippen LogP contribution is 2.47. The maximum atomic E-state index is 14.8. The number of ether oxygens (including phenoxy) is 3. The lowest BCUT2D eigenvalue weighted by Gasteiger charge is -2.36. The third kappa shape index (κ3) is 1.50. The van der Waals surface area contributed by atoms with Crippen LogP contribution >= 0.6 is 0 Å². The van der Waals surface area contributed by atoms with Crippen LogP contribution in [0.4, 0.5) is 4.39 Å². The van der Waals surface area contributed by atoms with Gasteiger partial charge in [0.1, 0.15) is 18.3 Å². The summed E-state index contributed by atoms with van der Waals surface area (Å²) in [5, 5.41) is 0. The van der Waals surface area contributed by atoms with Crippen molar-refractivity contribution < 1.29 is 18.6 Å². The van der Waals surface area contributed by atoms with Gasteiger partial charge in [-0.15, -0.1) is 0 Å². The fourth-order valence-corrected chi connectivity index (χ4v) is 2.32. The molecule has 2 fully saturated rings. The summed E-state index contributed by atoms with van der Waals surface area (Å²) >= 11 is 0. The van der Waals surface area contributed by atoms with Gasteiger partial charge in [-0.1, -0.05) is 20.8 Å². The molecule has 2 rings (SSSR count). The van der Waals surface area contributed by atoms with Crippen LogP contribution in [-0.2, 0) is 14.2 Å². The van der Waals surface area contributed by atoms with Crippen molar-refractivity contribution >= 4 is 0 Å². The average molecular weight is 218 g/mol. The van der Waals surface area contributed by atoms with Crippen LogP contribution in [0.3, 0.4) is 0 Å². The molecule has 0 aromatic carbocycles. The van der Waals surface area contributed by atoms with E-state index in [-0.39, 0.29) is 18.8 Å². The number of halogens is 1. The molecule has 4 heteroatoms. The van der Waals surface area contributed by atoms with E-state index in [2.05, 4.69) is 0 Å². The smallest absolute Gasteiger partial charge is 0.167 e. The highest BCUT2D eigenvalue weighted by molar-refractivity contribution is 5.09. The Morgan fingerprint density at radius 3 is 2.53 bits per heavy atom. The van der Waals surface area contributed by atoms with E-state index in [1.165, 1.54) is 0 Å². The second-order valence-corrected chi connectivity index (χ2v) is 5.42. The number of hydrogen-bond donors (Lipinski definition) is 0. The second-order valence-electron chi connectivity index (χ2n) is 5.42. The van der Waals surface area contributed by atoms with Crippen LogP contribution in [0.1, 0.15) is 20.8 Å². The molecule has 0 radical (unpaired) electrons. The first-order chi connectivity index (χ1) is 6.90. The first-order valence-electron chi connectivity index (χ1n) is 5.35. The van der Waals surface area contributed by atoms with E-state index in [1.807, 2.05) is 20.8 Å². The van der Waals surface area contributed by atoms with Crippen molar-refractivity contribution in [3.8, 4) is 0 Å². The molecule has 0 aromatic heterocycles. The van der Waals surface area contributed by atoms with Crippen molar-refractivity contribution in [2.24, 2.45) is 5.41 Å². The molecular formula is C11H19FO3. The Bertz CT molecular complexity index is 251. The molecule has 0 amide bonds.